The largest absolute Gasteiger partial charge is 0.378 e. The van der Waals surface area contributed by atoms with E-state index in [2.05, 4.69) is 5.10 Å². The summed E-state index contributed by atoms with van der Waals surface area (Å²) in [5.41, 5.74) is 1.17. The van der Waals surface area contributed by atoms with Gasteiger partial charge in [0.25, 0.3) is 0 Å². The zero-order valence-corrected chi connectivity index (χ0v) is 12.1. The molecule has 2 fully saturated rings. The standard InChI is InChI=1S/C15H23N3O2/c1-12-9-16-17(10-12)11-13-4-2-6-18(13)15(19)8-14-5-3-7-20-14/h9-10,13-14H,2-8,11H2,1H3/t13-,14+/m0/s1. The second-order valence-corrected chi connectivity index (χ2v) is 5.96. The summed E-state index contributed by atoms with van der Waals surface area (Å²) in [6, 6.07) is 0.295. The molecule has 1 aromatic heterocycles. The molecule has 110 valence electrons. The smallest absolute Gasteiger partial charge is 0.225 e. The number of hydrogen-bond acceptors (Lipinski definition) is 3. The molecule has 1 aromatic rings. The SMILES string of the molecule is Cc1cnn(C[C@@H]2CCCN2C(=O)C[C@H]2CCCO2)c1. The van der Waals surface area contributed by atoms with E-state index in [9.17, 15) is 4.79 Å². The molecule has 2 aliphatic rings. The van der Waals surface area contributed by atoms with Gasteiger partial charge in [-0.05, 0) is 38.2 Å². The Kier molecular flexibility index (Phi) is 4.05. The van der Waals surface area contributed by atoms with Crippen molar-refractivity contribution < 1.29 is 9.53 Å². The third kappa shape index (κ3) is 3.03. The van der Waals surface area contributed by atoms with Crippen molar-refractivity contribution in [3.05, 3.63) is 18.0 Å². The Morgan fingerprint density at radius 2 is 2.35 bits per heavy atom. The molecule has 0 aromatic carbocycles. The number of nitrogens with zero attached hydrogens (tertiary/aromatic N) is 3. The quantitative estimate of drug-likeness (QED) is 0.842. The summed E-state index contributed by atoms with van der Waals surface area (Å²) in [4.78, 5) is 14.5. The van der Waals surface area contributed by atoms with E-state index in [4.69, 9.17) is 4.74 Å². The second-order valence-electron chi connectivity index (χ2n) is 5.96. The van der Waals surface area contributed by atoms with Crippen LogP contribution in [0.1, 0.15) is 37.7 Å². The third-order valence-corrected chi connectivity index (χ3v) is 4.28. The summed E-state index contributed by atoms with van der Waals surface area (Å²) in [6.07, 6.45) is 8.91. The summed E-state index contributed by atoms with van der Waals surface area (Å²) < 4.78 is 7.53. The maximum absolute atomic E-state index is 12.4. The number of likely N-dealkylation sites (tertiary alicyclic amines) is 1. The van der Waals surface area contributed by atoms with E-state index in [0.29, 0.717) is 12.5 Å². The minimum atomic E-state index is 0.149. The summed E-state index contributed by atoms with van der Waals surface area (Å²) in [5.74, 6) is 0.253. The van der Waals surface area contributed by atoms with Gasteiger partial charge in [-0.2, -0.15) is 5.10 Å². The highest BCUT2D eigenvalue weighted by molar-refractivity contribution is 5.77. The number of rotatable bonds is 4. The number of carbonyl (C=O) groups is 1. The first-order valence-corrected chi connectivity index (χ1v) is 7.62. The Morgan fingerprint density at radius 1 is 1.45 bits per heavy atom. The molecular formula is C15H23N3O2. The van der Waals surface area contributed by atoms with Gasteiger partial charge in [0.15, 0.2) is 0 Å². The molecule has 2 atom stereocenters. The average Bonchev–Trinajstić information content (AvgIpc) is 3.12. The fourth-order valence-corrected chi connectivity index (χ4v) is 3.25. The van der Waals surface area contributed by atoms with Crippen molar-refractivity contribution in [2.24, 2.45) is 0 Å². The van der Waals surface area contributed by atoms with Gasteiger partial charge in [0, 0.05) is 19.3 Å². The van der Waals surface area contributed by atoms with Crippen molar-refractivity contribution in [2.75, 3.05) is 13.2 Å². The van der Waals surface area contributed by atoms with Crippen LogP contribution in [0.3, 0.4) is 0 Å². The Labute approximate surface area is 119 Å². The van der Waals surface area contributed by atoms with Crippen LogP contribution in [0.25, 0.3) is 0 Å². The van der Waals surface area contributed by atoms with E-state index in [1.165, 1.54) is 5.56 Å². The number of carbonyl (C=O) groups excluding carboxylic acids is 1. The van der Waals surface area contributed by atoms with Gasteiger partial charge in [0.1, 0.15) is 0 Å². The lowest BCUT2D eigenvalue weighted by Gasteiger charge is -2.25. The van der Waals surface area contributed by atoms with Crippen LogP contribution in [0, 0.1) is 6.92 Å². The van der Waals surface area contributed by atoms with Crippen molar-refractivity contribution in [1.82, 2.24) is 14.7 Å². The lowest BCUT2D eigenvalue weighted by Crippen LogP contribution is -2.39. The van der Waals surface area contributed by atoms with E-state index in [1.54, 1.807) is 0 Å². The fourth-order valence-electron chi connectivity index (χ4n) is 3.25. The van der Waals surface area contributed by atoms with Crippen LogP contribution in [0.15, 0.2) is 12.4 Å². The molecule has 20 heavy (non-hydrogen) atoms. The van der Waals surface area contributed by atoms with Crippen LogP contribution in [-0.4, -0.2) is 45.9 Å². The highest BCUT2D eigenvalue weighted by Gasteiger charge is 2.31. The van der Waals surface area contributed by atoms with Crippen LogP contribution < -0.4 is 0 Å². The lowest BCUT2D eigenvalue weighted by molar-refractivity contribution is -0.134. The summed E-state index contributed by atoms with van der Waals surface area (Å²) in [7, 11) is 0. The minimum absolute atomic E-state index is 0.149. The average molecular weight is 277 g/mol. The first kappa shape index (κ1) is 13.6. The first-order chi connectivity index (χ1) is 9.72. The number of ether oxygens (including phenoxy) is 1. The predicted octanol–water partition coefficient (Wildman–Crippen LogP) is 1.75. The molecule has 0 saturated carbocycles. The van der Waals surface area contributed by atoms with Crippen molar-refractivity contribution in [1.29, 1.82) is 0 Å². The molecule has 0 unspecified atom stereocenters. The molecule has 2 aliphatic heterocycles. The maximum Gasteiger partial charge on any atom is 0.225 e. The molecule has 3 rings (SSSR count). The zero-order chi connectivity index (χ0) is 13.9. The van der Waals surface area contributed by atoms with E-state index >= 15 is 0 Å². The Hall–Kier alpha value is -1.36. The molecule has 1 amide bonds. The van der Waals surface area contributed by atoms with Gasteiger partial charge in [0.05, 0.1) is 31.3 Å². The van der Waals surface area contributed by atoms with Gasteiger partial charge >= 0.3 is 0 Å². The normalized spacial score (nSPS) is 26.4. The summed E-state index contributed by atoms with van der Waals surface area (Å²) in [5, 5.41) is 4.33. The van der Waals surface area contributed by atoms with Crippen molar-refractivity contribution >= 4 is 5.91 Å². The number of hydrogen-bond donors (Lipinski definition) is 0. The second kappa shape index (κ2) is 5.95. The number of aromatic nitrogens is 2. The van der Waals surface area contributed by atoms with Crippen molar-refractivity contribution in [2.45, 2.75) is 57.7 Å². The molecule has 0 aliphatic carbocycles. The van der Waals surface area contributed by atoms with Gasteiger partial charge in [-0.25, -0.2) is 0 Å². The number of amides is 1. The zero-order valence-electron chi connectivity index (χ0n) is 12.1. The van der Waals surface area contributed by atoms with Gasteiger partial charge in [0.2, 0.25) is 5.91 Å². The lowest BCUT2D eigenvalue weighted by atomic mass is 10.1. The van der Waals surface area contributed by atoms with Gasteiger partial charge in [-0.3, -0.25) is 9.48 Å². The van der Waals surface area contributed by atoms with E-state index in [1.807, 2.05) is 28.9 Å². The molecular weight excluding hydrogens is 254 g/mol. The van der Waals surface area contributed by atoms with Gasteiger partial charge in [-0.1, -0.05) is 0 Å². The summed E-state index contributed by atoms with van der Waals surface area (Å²) >= 11 is 0. The predicted molar refractivity (Wildman–Crippen MR) is 75.3 cm³/mol. The van der Waals surface area contributed by atoms with E-state index in [0.717, 1.165) is 45.4 Å². The van der Waals surface area contributed by atoms with E-state index < -0.39 is 0 Å². The maximum atomic E-state index is 12.4. The van der Waals surface area contributed by atoms with Crippen molar-refractivity contribution in [3.8, 4) is 0 Å². The molecule has 3 heterocycles. The van der Waals surface area contributed by atoms with Crippen LogP contribution >= 0.6 is 0 Å². The topological polar surface area (TPSA) is 47.4 Å². The fraction of sp³-hybridized carbons (Fsp3) is 0.733. The molecule has 0 radical (unpaired) electrons. The van der Waals surface area contributed by atoms with Crippen LogP contribution in [0.2, 0.25) is 0 Å². The molecule has 0 bridgehead atoms. The van der Waals surface area contributed by atoms with Gasteiger partial charge in [-0.15, -0.1) is 0 Å². The molecule has 5 nitrogen and oxygen atoms in total. The Morgan fingerprint density at radius 3 is 3.05 bits per heavy atom. The monoisotopic (exact) mass is 277 g/mol. The molecule has 2 saturated heterocycles. The van der Waals surface area contributed by atoms with Crippen molar-refractivity contribution in [3.63, 3.8) is 0 Å². The van der Waals surface area contributed by atoms with E-state index in [-0.39, 0.29) is 12.0 Å². The first-order valence-electron chi connectivity index (χ1n) is 7.62. The minimum Gasteiger partial charge on any atom is -0.378 e. The van der Waals surface area contributed by atoms with Crippen LogP contribution in [0.4, 0.5) is 0 Å². The highest BCUT2D eigenvalue weighted by atomic mass is 16.5. The molecule has 0 N–H and O–H groups in total. The van der Waals surface area contributed by atoms with Crippen LogP contribution in [-0.2, 0) is 16.1 Å². The third-order valence-electron chi connectivity index (χ3n) is 4.28. The molecule has 5 heteroatoms. The molecule has 0 spiro atoms. The van der Waals surface area contributed by atoms with Gasteiger partial charge < -0.3 is 9.64 Å². The highest BCUT2D eigenvalue weighted by Crippen LogP contribution is 2.23. The van der Waals surface area contributed by atoms with Crippen LogP contribution in [0.5, 0.6) is 0 Å². The number of aryl methyl sites for hydroxylation is 1. The Bertz CT molecular complexity index is 465. The summed E-state index contributed by atoms with van der Waals surface area (Å²) in [6.45, 7) is 4.55. The Balaban J connectivity index is 1.58.